The van der Waals surface area contributed by atoms with Gasteiger partial charge in [0.1, 0.15) is 4.87 Å². The highest BCUT2D eigenvalue weighted by Gasteiger charge is 2.70. The van der Waals surface area contributed by atoms with E-state index in [1.807, 2.05) is 0 Å². The van der Waals surface area contributed by atoms with Crippen LogP contribution in [0.25, 0.3) is 0 Å². The Morgan fingerprint density at radius 3 is 1.75 bits per heavy atom. The zero-order valence-corrected chi connectivity index (χ0v) is 12.5. The molecule has 1 aliphatic rings. The minimum Gasteiger partial charge on any atom is -0.481 e. The van der Waals surface area contributed by atoms with Gasteiger partial charge in [-0.05, 0) is 0 Å². The fourth-order valence-corrected chi connectivity index (χ4v) is 3.70. The largest absolute Gasteiger partial charge is 0.481 e. The SMILES string of the molecule is O=C(O)CC1(Cl)C(Cl)=C(Cl)C(Cl)(Cl)C1(Cl)Cl. The molecule has 0 bridgehead atoms. The molecule has 0 radical (unpaired) electrons. The van der Waals surface area contributed by atoms with Gasteiger partial charge in [0.25, 0.3) is 0 Å². The quantitative estimate of drug-likeness (QED) is 0.731. The van der Waals surface area contributed by atoms with Gasteiger partial charge in [0, 0.05) is 0 Å². The van der Waals surface area contributed by atoms with E-state index in [9.17, 15) is 4.79 Å². The maximum absolute atomic E-state index is 10.7. The molecule has 0 aromatic heterocycles. The van der Waals surface area contributed by atoms with Crippen LogP contribution in [-0.2, 0) is 4.79 Å². The number of aliphatic carboxylic acids is 1. The van der Waals surface area contributed by atoms with Crippen LogP contribution >= 0.6 is 81.2 Å². The van der Waals surface area contributed by atoms with E-state index in [1.165, 1.54) is 0 Å². The van der Waals surface area contributed by atoms with Crippen LogP contribution in [0.15, 0.2) is 10.1 Å². The first kappa shape index (κ1) is 15.3. The van der Waals surface area contributed by atoms with E-state index in [1.54, 1.807) is 0 Å². The highest BCUT2D eigenvalue weighted by atomic mass is 35.5. The lowest BCUT2D eigenvalue weighted by Gasteiger charge is -2.36. The Morgan fingerprint density at radius 2 is 1.50 bits per heavy atom. The minimum atomic E-state index is -2.06. The van der Waals surface area contributed by atoms with Crippen molar-refractivity contribution in [2.45, 2.75) is 20.0 Å². The maximum Gasteiger partial charge on any atom is 0.305 e. The number of carboxylic acid groups (broad SMARTS) is 1. The zero-order valence-electron chi connectivity index (χ0n) is 7.21. The Morgan fingerprint density at radius 1 is 1.06 bits per heavy atom. The van der Waals surface area contributed by atoms with Crippen LogP contribution in [0.1, 0.15) is 6.42 Å². The number of alkyl halides is 5. The van der Waals surface area contributed by atoms with E-state index in [0.717, 1.165) is 0 Å². The van der Waals surface area contributed by atoms with Gasteiger partial charge in [-0.15, -0.1) is 11.6 Å². The summed E-state index contributed by atoms with van der Waals surface area (Å²) in [5, 5.41) is 8.18. The molecule has 1 rings (SSSR count). The first-order chi connectivity index (χ1) is 6.98. The Balaban J connectivity index is 3.37. The molecule has 92 valence electrons. The van der Waals surface area contributed by atoms with Crippen molar-refractivity contribution in [3.05, 3.63) is 10.1 Å². The molecule has 0 saturated carbocycles. The summed E-state index contributed by atoms with van der Waals surface area (Å²) < 4.78 is -4.02. The smallest absolute Gasteiger partial charge is 0.305 e. The van der Waals surface area contributed by atoms with Crippen LogP contribution in [-0.4, -0.2) is 24.6 Å². The van der Waals surface area contributed by atoms with Crippen molar-refractivity contribution >= 4 is 87.2 Å². The van der Waals surface area contributed by atoms with E-state index in [4.69, 9.17) is 86.3 Å². The Bertz CT molecular complexity index is 375. The Hall–Kier alpha value is 1.24. The number of carboxylic acids is 1. The maximum atomic E-state index is 10.7. The molecule has 1 aliphatic carbocycles. The predicted molar refractivity (Wildman–Crippen MR) is 68.4 cm³/mol. The molecule has 0 amide bonds. The van der Waals surface area contributed by atoms with Crippen molar-refractivity contribution in [1.82, 2.24) is 0 Å². The Kier molecular flexibility index (Phi) is 4.22. The van der Waals surface area contributed by atoms with Gasteiger partial charge in [-0.25, -0.2) is 0 Å². The van der Waals surface area contributed by atoms with Crippen molar-refractivity contribution < 1.29 is 9.90 Å². The molecule has 1 N–H and O–H groups in total. The van der Waals surface area contributed by atoms with E-state index in [-0.39, 0.29) is 10.1 Å². The van der Waals surface area contributed by atoms with Gasteiger partial charge >= 0.3 is 5.97 Å². The third-order valence-electron chi connectivity index (χ3n) is 2.10. The lowest BCUT2D eigenvalue weighted by atomic mass is 10.0. The number of allylic oxidation sites excluding steroid dienone is 2. The number of carbonyl (C=O) groups is 1. The van der Waals surface area contributed by atoms with Gasteiger partial charge in [0.15, 0.2) is 8.67 Å². The topological polar surface area (TPSA) is 37.3 Å². The summed E-state index contributed by atoms with van der Waals surface area (Å²) in [6, 6.07) is 0. The van der Waals surface area contributed by atoms with Crippen molar-refractivity contribution in [3.8, 4) is 0 Å². The molecule has 2 nitrogen and oxygen atoms in total. The van der Waals surface area contributed by atoms with Crippen molar-refractivity contribution in [1.29, 1.82) is 0 Å². The van der Waals surface area contributed by atoms with Crippen molar-refractivity contribution in [3.63, 3.8) is 0 Å². The van der Waals surface area contributed by atoms with E-state index in [0.29, 0.717) is 0 Å². The third kappa shape index (κ3) is 1.91. The molecule has 0 spiro atoms. The lowest BCUT2D eigenvalue weighted by molar-refractivity contribution is -0.137. The number of hydrogen-bond acceptors (Lipinski definition) is 1. The summed E-state index contributed by atoms with van der Waals surface area (Å²) in [5.74, 6) is -1.27. The van der Waals surface area contributed by atoms with E-state index >= 15 is 0 Å². The average molecular weight is 367 g/mol. The average Bonchev–Trinajstić information content (AvgIpc) is 2.19. The first-order valence-corrected chi connectivity index (χ1v) is 6.35. The fraction of sp³-hybridized carbons (Fsp3) is 0.571. The molecule has 0 fully saturated rings. The molecule has 9 heteroatoms. The van der Waals surface area contributed by atoms with Gasteiger partial charge in [0.05, 0.1) is 16.5 Å². The van der Waals surface area contributed by atoms with Crippen LogP contribution < -0.4 is 0 Å². The van der Waals surface area contributed by atoms with Crippen molar-refractivity contribution in [2.24, 2.45) is 0 Å². The predicted octanol–water partition coefficient (Wildman–Crippen LogP) is 4.49. The highest BCUT2D eigenvalue weighted by Crippen LogP contribution is 2.67. The van der Waals surface area contributed by atoms with Gasteiger partial charge in [0.2, 0.25) is 0 Å². The van der Waals surface area contributed by atoms with Gasteiger partial charge < -0.3 is 5.11 Å². The molecule has 16 heavy (non-hydrogen) atoms. The monoisotopic (exact) mass is 364 g/mol. The zero-order chi connectivity index (χ0) is 12.9. The summed E-state index contributed by atoms with van der Waals surface area (Å²) >= 11 is 41.0. The standard InChI is InChI=1S/C7H3Cl7O2/c8-3-4(9)6(11,12)7(13,14)5(3,10)1-2(15)16/h1H2,(H,15,16). The van der Waals surface area contributed by atoms with Gasteiger partial charge in [-0.3, -0.25) is 4.79 Å². The highest BCUT2D eigenvalue weighted by molar-refractivity contribution is 6.72. The van der Waals surface area contributed by atoms with Crippen LogP contribution in [0.4, 0.5) is 0 Å². The molecular weight excluding hydrogens is 364 g/mol. The lowest BCUT2D eigenvalue weighted by Crippen LogP contribution is -2.48. The Labute approximate surface area is 126 Å². The molecule has 0 aliphatic heterocycles. The second-order valence-electron chi connectivity index (χ2n) is 3.15. The van der Waals surface area contributed by atoms with E-state index < -0.39 is 25.9 Å². The van der Waals surface area contributed by atoms with Gasteiger partial charge in [-0.1, -0.05) is 69.6 Å². The van der Waals surface area contributed by atoms with Crippen molar-refractivity contribution in [2.75, 3.05) is 0 Å². The fourth-order valence-electron chi connectivity index (χ4n) is 1.23. The van der Waals surface area contributed by atoms with Crippen LogP contribution in [0.3, 0.4) is 0 Å². The summed E-state index contributed by atoms with van der Waals surface area (Å²) in [4.78, 5) is 8.83. The summed E-state index contributed by atoms with van der Waals surface area (Å²) in [5.41, 5.74) is 0. The normalized spacial score (nSPS) is 31.9. The molecule has 1 unspecified atom stereocenters. The molecule has 0 saturated heterocycles. The van der Waals surface area contributed by atoms with Crippen LogP contribution in [0, 0.1) is 0 Å². The second-order valence-corrected chi connectivity index (χ2v) is 7.20. The van der Waals surface area contributed by atoms with E-state index in [2.05, 4.69) is 0 Å². The number of halogens is 7. The molecule has 0 aromatic carbocycles. The number of rotatable bonds is 2. The number of hydrogen-bond donors (Lipinski definition) is 1. The first-order valence-electron chi connectivity index (χ1n) is 3.71. The minimum absolute atomic E-state index is 0.270. The summed E-state index contributed by atoms with van der Waals surface area (Å²) in [6.07, 6.45) is -0.669. The molecule has 0 aromatic rings. The summed E-state index contributed by atoms with van der Waals surface area (Å²) in [7, 11) is 0. The van der Waals surface area contributed by atoms with Crippen LogP contribution in [0.2, 0.25) is 0 Å². The second kappa shape index (κ2) is 4.41. The summed E-state index contributed by atoms with van der Waals surface area (Å²) in [6.45, 7) is 0. The molecule has 0 heterocycles. The van der Waals surface area contributed by atoms with Crippen LogP contribution in [0.5, 0.6) is 0 Å². The van der Waals surface area contributed by atoms with Gasteiger partial charge in [-0.2, -0.15) is 0 Å². The third-order valence-corrected chi connectivity index (χ3v) is 6.82. The molecular formula is C7H3Cl7O2. The molecule has 1 atom stereocenters.